The molecule has 68 valence electrons. The van der Waals surface area contributed by atoms with Crippen molar-refractivity contribution < 1.29 is 13.5 Å². The van der Waals surface area contributed by atoms with Crippen LogP contribution in [0.25, 0.3) is 0 Å². The molecule has 1 aliphatic rings. The van der Waals surface area contributed by atoms with Crippen LogP contribution in [0.3, 0.4) is 0 Å². The fraction of sp³-hybridized carbons (Fsp3) is 0.857. The molecule has 1 rings (SSSR count). The van der Waals surface area contributed by atoms with E-state index in [9.17, 15) is 8.78 Å². The number of rotatable bonds is 1. The normalized spacial score (nSPS) is 42.9. The van der Waals surface area contributed by atoms with Gasteiger partial charge in [0.25, 0.3) is 0 Å². The van der Waals surface area contributed by atoms with Gasteiger partial charge in [0.05, 0.1) is 6.07 Å². The van der Waals surface area contributed by atoms with Gasteiger partial charge in [-0.2, -0.15) is 9.65 Å². The first-order valence-corrected chi connectivity index (χ1v) is 3.57. The molecule has 0 amide bonds. The summed E-state index contributed by atoms with van der Waals surface area (Å²) in [5.41, 5.74) is 0. The zero-order valence-electron chi connectivity index (χ0n) is 6.92. The van der Waals surface area contributed by atoms with E-state index in [0.717, 1.165) is 12.0 Å². The third-order valence-electron chi connectivity index (χ3n) is 2.20. The Morgan fingerprint density at radius 1 is 1.75 bits per heavy atom. The number of halogens is 2. The molecule has 0 aromatic heterocycles. The van der Waals surface area contributed by atoms with Gasteiger partial charge in [-0.25, -0.2) is 9.29 Å². The van der Waals surface area contributed by atoms with Crippen molar-refractivity contribution in [2.24, 2.45) is 0 Å². The highest BCUT2D eigenvalue weighted by Gasteiger charge is 2.54. The summed E-state index contributed by atoms with van der Waals surface area (Å²) in [5.74, 6) is -2.43. The molecule has 1 heterocycles. The van der Waals surface area contributed by atoms with Crippen LogP contribution in [0, 0.1) is 11.3 Å². The van der Waals surface area contributed by atoms with Crippen LogP contribution in [-0.4, -0.2) is 37.2 Å². The highest BCUT2D eigenvalue weighted by Crippen LogP contribution is 2.36. The van der Waals surface area contributed by atoms with Crippen LogP contribution >= 0.6 is 0 Å². The molecule has 0 aliphatic carbocycles. The molecule has 0 bridgehead atoms. The van der Waals surface area contributed by atoms with E-state index in [1.807, 2.05) is 0 Å². The van der Waals surface area contributed by atoms with Gasteiger partial charge in [0.2, 0.25) is 0 Å². The van der Waals surface area contributed by atoms with E-state index in [-0.39, 0.29) is 6.42 Å². The summed E-state index contributed by atoms with van der Waals surface area (Å²) in [6.45, 7) is 0. The maximum absolute atomic E-state index is 13.4. The summed E-state index contributed by atoms with van der Waals surface area (Å²) in [5, 5.41) is 8.50. The fourth-order valence-electron chi connectivity index (χ4n) is 1.34. The van der Waals surface area contributed by atoms with E-state index in [4.69, 9.17) is 5.26 Å². The molecular weight excluding hydrogens is 166 g/mol. The van der Waals surface area contributed by atoms with Gasteiger partial charge in [0, 0.05) is 13.5 Å². The fourth-order valence-corrected chi connectivity index (χ4v) is 1.34. The molecule has 3 nitrogen and oxygen atoms in total. The van der Waals surface area contributed by atoms with Crippen molar-refractivity contribution in [3.8, 4) is 6.07 Å². The topological polar surface area (TPSA) is 36.3 Å². The maximum atomic E-state index is 13.4. The summed E-state index contributed by atoms with van der Waals surface area (Å²) in [7, 11) is 2.42. The molecule has 3 unspecified atom stereocenters. The van der Waals surface area contributed by atoms with Gasteiger partial charge in [-0.05, 0) is 7.05 Å². The SMILES string of the molecule is COC1(F)C(F)CC(C#N)N1C. The Balaban J connectivity index is 2.85. The minimum absolute atomic E-state index is 0.142. The predicted octanol–water partition coefficient (Wildman–Crippen LogP) is 0.822. The lowest BCUT2D eigenvalue weighted by Gasteiger charge is -2.27. The van der Waals surface area contributed by atoms with Crippen molar-refractivity contribution in [3.05, 3.63) is 0 Å². The summed E-state index contributed by atoms with van der Waals surface area (Å²) in [6.07, 6.45) is -1.89. The van der Waals surface area contributed by atoms with Gasteiger partial charge in [0.15, 0.2) is 6.17 Å². The Morgan fingerprint density at radius 2 is 2.33 bits per heavy atom. The van der Waals surface area contributed by atoms with Crippen LogP contribution in [0.15, 0.2) is 0 Å². The first kappa shape index (κ1) is 9.36. The molecule has 0 aromatic carbocycles. The van der Waals surface area contributed by atoms with E-state index >= 15 is 0 Å². The predicted molar refractivity (Wildman–Crippen MR) is 37.5 cm³/mol. The van der Waals surface area contributed by atoms with Crippen molar-refractivity contribution in [2.75, 3.05) is 14.2 Å². The Labute approximate surface area is 69.5 Å². The standard InChI is InChI=1S/C7H10F2N2O/c1-11-5(4-10)3-6(8)7(11,9)12-2/h5-6H,3H2,1-2H3. The number of alkyl halides is 2. The molecule has 5 heteroatoms. The van der Waals surface area contributed by atoms with Crippen LogP contribution in [0.5, 0.6) is 0 Å². The first-order chi connectivity index (χ1) is 5.56. The molecule has 0 N–H and O–H groups in total. The monoisotopic (exact) mass is 176 g/mol. The van der Waals surface area contributed by atoms with E-state index < -0.39 is 18.2 Å². The molecular formula is C7H10F2N2O. The quantitative estimate of drug-likeness (QED) is 0.555. The maximum Gasteiger partial charge on any atom is 0.301 e. The van der Waals surface area contributed by atoms with Crippen LogP contribution in [0.4, 0.5) is 8.78 Å². The lowest BCUT2D eigenvalue weighted by molar-refractivity contribution is -0.231. The number of hydrogen-bond acceptors (Lipinski definition) is 3. The molecule has 0 radical (unpaired) electrons. The third kappa shape index (κ3) is 1.08. The lowest BCUT2D eigenvalue weighted by Crippen LogP contribution is -2.46. The molecule has 12 heavy (non-hydrogen) atoms. The number of methoxy groups -OCH3 is 1. The molecule has 0 aromatic rings. The van der Waals surface area contributed by atoms with Gasteiger partial charge in [0.1, 0.15) is 6.04 Å². The highest BCUT2D eigenvalue weighted by atomic mass is 19.2. The zero-order valence-corrected chi connectivity index (χ0v) is 6.92. The smallest absolute Gasteiger partial charge is 0.301 e. The van der Waals surface area contributed by atoms with E-state index in [1.54, 1.807) is 6.07 Å². The second-order valence-electron chi connectivity index (χ2n) is 2.77. The van der Waals surface area contributed by atoms with Crippen molar-refractivity contribution in [1.29, 1.82) is 5.26 Å². The average molecular weight is 176 g/mol. The Kier molecular flexibility index (Phi) is 2.31. The van der Waals surface area contributed by atoms with Crippen molar-refractivity contribution in [2.45, 2.75) is 24.6 Å². The molecule has 1 saturated heterocycles. The zero-order chi connectivity index (χ0) is 9.35. The Morgan fingerprint density at radius 3 is 2.58 bits per heavy atom. The van der Waals surface area contributed by atoms with Gasteiger partial charge >= 0.3 is 5.98 Å². The third-order valence-corrected chi connectivity index (χ3v) is 2.20. The molecule has 3 atom stereocenters. The van der Waals surface area contributed by atoms with E-state index in [0.29, 0.717) is 0 Å². The van der Waals surface area contributed by atoms with Crippen LogP contribution in [0.2, 0.25) is 0 Å². The molecule has 1 fully saturated rings. The van der Waals surface area contributed by atoms with Gasteiger partial charge in [-0.1, -0.05) is 0 Å². The molecule has 0 saturated carbocycles. The number of likely N-dealkylation sites (tertiary alicyclic amines) is 1. The van der Waals surface area contributed by atoms with E-state index in [2.05, 4.69) is 4.74 Å². The van der Waals surface area contributed by atoms with Gasteiger partial charge in [-0.15, -0.1) is 0 Å². The summed E-state index contributed by atoms with van der Waals surface area (Å²) >= 11 is 0. The lowest BCUT2D eigenvalue weighted by atomic mass is 10.2. The van der Waals surface area contributed by atoms with Gasteiger partial charge < -0.3 is 4.74 Å². The average Bonchev–Trinajstić information content (AvgIpc) is 2.30. The Bertz CT molecular complexity index is 218. The van der Waals surface area contributed by atoms with Crippen molar-refractivity contribution in [1.82, 2.24) is 4.90 Å². The number of nitriles is 1. The molecule has 1 aliphatic heterocycles. The number of ether oxygens (including phenoxy) is 1. The second kappa shape index (κ2) is 2.96. The minimum Gasteiger partial charge on any atom is -0.335 e. The number of hydrogen-bond donors (Lipinski definition) is 0. The first-order valence-electron chi connectivity index (χ1n) is 3.57. The summed E-state index contributed by atoms with van der Waals surface area (Å²) in [6, 6.07) is 1.05. The van der Waals surface area contributed by atoms with Crippen LogP contribution < -0.4 is 0 Å². The summed E-state index contributed by atoms with van der Waals surface area (Å²) < 4.78 is 30.8. The van der Waals surface area contributed by atoms with E-state index in [1.165, 1.54) is 7.05 Å². The Hall–Kier alpha value is -0.730. The van der Waals surface area contributed by atoms with Crippen molar-refractivity contribution in [3.63, 3.8) is 0 Å². The number of nitrogens with zero attached hydrogens (tertiary/aromatic N) is 2. The van der Waals surface area contributed by atoms with Gasteiger partial charge in [-0.3, -0.25) is 0 Å². The summed E-state index contributed by atoms with van der Waals surface area (Å²) in [4.78, 5) is 0.970. The van der Waals surface area contributed by atoms with Crippen LogP contribution in [-0.2, 0) is 4.74 Å². The highest BCUT2D eigenvalue weighted by molar-refractivity contribution is 5.03. The minimum atomic E-state index is -2.43. The largest absolute Gasteiger partial charge is 0.335 e. The van der Waals surface area contributed by atoms with Crippen molar-refractivity contribution >= 4 is 0 Å². The second-order valence-corrected chi connectivity index (χ2v) is 2.77. The molecule has 0 spiro atoms. The van der Waals surface area contributed by atoms with Crippen LogP contribution in [0.1, 0.15) is 6.42 Å².